The van der Waals surface area contributed by atoms with Crippen LogP contribution in [0.3, 0.4) is 0 Å². The van der Waals surface area contributed by atoms with Crippen molar-refractivity contribution in [2.75, 3.05) is 5.73 Å². The third kappa shape index (κ3) is 2.49. The molecule has 2 rings (SSSR count). The van der Waals surface area contributed by atoms with Gasteiger partial charge in [-0.25, -0.2) is 4.79 Å². The van der Waals surface area contributed by atoms with Gasteiger partial charge < -0.3 is 10.8 Å². The highest BCUT2D eigenvalue weighted by Gasteiger charge is 2.13. The maximum absolute atomic E-state index is 10.9. The van der Waals surface area contributed by atoms with Crippen LogP contribution in [0.4, 0.5) is 5.95 Å². The number of thiophene rings is 1. The van der Waals surface area contributed by atoms with Crippen molar-refractivity contribution in [1.29, 1.82) is 0 Å². The Hall–Kier alpha value is -1.54. The van der Waals surface area contributed by atoms with Crippen molar-refractivity contribution < 1.29 is 9.90 Å². The summed E-state index contributed by atoms with van der Waals surface area (Å²) >= 11 is 2.77. The van der Waals surface area contributed by atoms with Crippen molar-refractivity contribution in [3.63, 3.8) is 0 Å². The SMILES string of the molecule is Cc1sc(C(=O)O)cc1CSc1nnc(N)n1C. The molecular weight excluding hydrogens is 272 g/mol. The van der Waals surface area contributed by atoms with E-state index in [0.717, 1.165) is 15.6 Å². The molecule has 2 aromatic rings. The Kier molecular flexibility index (Phi) is 3.58. The summed E-state index contributed by atoms with van der Waals surface area (Å²) in [5, 5.41) is 17.3. The van der Waals surface area contributed by atoms with Gasteiger partial charge in [0.25, 0.3) is 0 Å². The van der Waals surface area contributed by atoms with Gasteiger partial charge in [0.2, 0.25) is 5.95 Å². The number of aromatic nitrogens is 3. The second-order valence-electron chi connectivity index (χ2n) is 3.69. The van der Waals surface area contributed by atoms with E-state index in [1.807, 2.05) is 6.92 Å². The standard InChI is InChI=1S/C10H12N4O2S2/c1-5-6(3-7(18-5)8(15)16)4-17-10-13-12-9(11)14(10)2/h3H,4H2,1-2H3,(H2,11,12)(H,15,16). The van der Waals surface area contributed by atoms with Crippen LogP contribution in [0.2, 0.25) is 0 Å². The highest BCUT2D eigenvalue weighted by atomic mass is 32.2. The number of rotatable bonds is 4. The van der Waals surface area contributed by atoms with Crippen molar-refractivity contribution in [1.82, 2.24) is 14.8 Å². The summed E-state index contributed by atoms with van der Waals surface area (Å²) < 4.78 is 1.70. The van der Waals surface area contributed by atoms with Crippen LogP contribution in [0, 0.1) is 6.92 Å². The predicted molar refractivity (Wildman–Crippen MR) is 71.0 cm³/mol. The van der Waals surface area contributed by atoms with Gasteiger partial charge in [0, 0.05) is 17.7 Å². The minimum absolute atomic E-state index is 0.362. The molecule has 96 valence electrons. The van der Waals surface area contributed by atoms with Gasteiger partial charge in [0.1, 0.15) is 4.88 Å². The number of hydrogen-bond acceptors (Lipinski definition) is 6. The van der Waals surface area contributed by atoms with Crippen LogP contribution < -0.4 is 5.73 Å². The van der Waals surface area contributed by atoms with Crippen LogP contribution in [0.5, 0.6) is 0 Å². The van der Waals surface area contributed by atoms with Crippen molar-refractivity contribution >= 4 is 35.0 Å². The summed E-state index contributed by atoms with van der Waals surface area (Å²) in [5.74, 6) is 0.134. The lowest BCUT2D eigenvalue weighted by atomic mass is 10.3. The average molecular weight is 284 g/mol. The Morgan fingerprint density at radius 2 is 2.33 bits per heavy atom. The van der Waals surface area contributed by atoms with E-state index in [1.54, 1.807) is 17.7 Å². The molecule has 3 N–H and O–H groups in total. The zero-order chi connectivity index (χ0) is 13.3. The van der Waals surface area contributed by atoms with Crippen LogP contribution in [-0.4, -0.2) is 25.8 Å². The lowest BCUT2D eigenvalue weighted by Gasteiger charge is -2.00. The van der Waals surface area contributed by atoms with E-state index in [1.165, 1.54) is 23.1 Å². The molecule has 0 unspecified atom stereocenters. The Morgan fingerprint density at radius 1 is 1.61 bits per heavy atom. The first-order chi connectivity index (χ1) is 8.49. The summed E-state index contributed by atoms with van der Waals surface area (Å²) in [4.78, 5) is 12.2. The Labute approximate surface area is 112 Å². The van der Waals surface area contributed by atoms with Crippen LogP contribution in [-0.2, 0) is 12.8 Å². The van der Waals surface area contributed by atoms with E-state index >= 15 is 0 Å². The minimum Gasteiger partial charge on any atom is -0.477 e. The molecule has 6 nitrogen and oxygen atoms in total. The number of carboxylic acid groups (broad SMARTS) is 1. The molecule has 2 aromatic heterocycles. The Morgan fingerprint density at radius 3 is 2.83 bits per heavy atom. The molecule has 0 atom stereocenters. The smallest absolute Gasteiger partial charge is 0.345 e. The van der Waals surface area contributed by atoms with E-state index in [2.05, 4.69) is 10.2 Å². The number of aromatic carboxylic acids is 1. The normalized spacial score (nSPS) is 10.8. The minimum atomic E-state index is -0.887. The van der Waals surface area contributed by atoms with Crippen molar-refractivity contribution in [3.05, 3.63) is 21.4 Å². The molecule has 8 heteroatoms. The van der Waals surface area contributed by atoms with Gasteiger partial charge in [-0.3, -0.25) is 4.57 Å². The number of anilines is 1. The molecule has 0 aliphatic rings. The summed E-state index contributed by atoms with van der Waals surface area (Å²) in [7, 11) is 1.79. The van der Waals surface area contributed by atoms with E-state index in [4.69, 9.17) is 10.8 Å². The first-order valence-electron chi connectivity index (χ1n) is 5.09. The molecule has 0 fully saturated rings. The molecule has 0 aliphatic carbocycles. The third-order valence-electron chi connectivity index (χ3n) is 2.46. The van der Waals surface area contributed by atoms with Crippen molar-refractivity contribution in [2.24, 2.45) is 7.05 Å². The summed E-state index contributed by atoms with van der Waals surface area (Å²) in [6.07, 6.45) is 0. The molecule has 0 radical (unpaired) electrons. The van der Waals surface area contributed by atoms with Crippen molar-refractivity contribution in [3.8, 4) is 0 Å². The number of carboxylic acids is 1. The van der Waals surface area contributed by atoms with Crippen LogP contribution in [0.25, 0.3) is 0 Å². The average Bonchev–Trinajstić information content (AvgIpc) is 2.83. The number of nitrogens with zero attached hydrogens (tertiary/aromatic N) is 3. The van der Waals surface area contributed by atoms with Gasteiger partial charge in [-0.15, -0.1) is 21.5 Å². The maximum atomic E-state index is 10.9. The quantitative estimate of drug-likeness (QED) is 0.831. The lowest BCUT2D eigenvalue weighted by molar-refractivity contribution is 0.0702. The number of nitrogen functional groups attached to an aromatic ring is 1. The summed E-state index contributed by atoms with van der Waals surface area (Å²) in [5.41, 5.74) is 6.59. The highest BCUT2D eigenvalue weighted by molar-refractivity contribution is 7.98. The molecular formula is C10H12N4O2S2. The van der Waals surface area contributed by atoms with E-state index in [0.29, 0.717) is 16.6 Å². The summed E-state index contributed by atoms with van der Waals surface area (Å²) in [6.45, 7) is 1.91. The predicted octanol–water partition coefficient (Wildman–Crippen LogP) is 1.76. The largest absolute Gasteiger partial charge is 0.477 e. The molecule has 0 amide bonds. The zero-order valence-electron chi connectivity index (χ0n) is 9.88. The fourth-order valence-electron chi connectivity index (χ4n) is 1.36. The molecule has 0 bridgehead atoms. The second kappa shape index (κ2) is 4.99. The molecule has 18 heavy (non-hydrogen) atoms. The second-order valence-corrected chi connectivity index (χ2v) is 5.88. The van der Waals surface area contributed by atoms with Gasteiger partial charge in [-0.05, 0) is 18.6 Å². The van der Waals surface area contributed by atoms with E-state index in [9.17, 15) is 4.79 Å². The number of thioether (sulfide) groups is 1. The maximum Gasteiger partial charge on any atom is 0.345 e. The fourth-order valence-corrected chi connectivity index (χ4v) is 3.30. The van der Waals surface area contributed by atoms with E-state index in [-0.39, 0.29) is 0 Å². The van der Waals surface area contributed by atoms with Crippen LogP contribution in [0.1, 0.15) is 20.1 Å². The Bertz CT molecular complexity index is 591. The van der Waals surface area contributed by atoms with Gasteiger partial charge in [-0.1, -0.05) is 11.8 Å². The first kappa shape index (κ1) is 12.9. The van der Waals surface area contributed by atoms with E-state index < -0.39 is 5.97 Å². The molecule has 0 aromatic carbocycles. The van der Waals surface area contributed by atoms with Gasteiger partial charge in [-0.2, -0.15) is 0 Å². The molecule has 0 saturated carbocycles. The van der Waals surface area contributed by atoms with Crippen LogP contribution in [0.15, 0.2) is 11.2 Å². The van der Waals surface area contributed by atoms with Gasteiger partial charge in [0.05, 0.1) is 0 Å². The van der Waals surface area contributed by atoms with Gasteiger partial charge >= 0.3 is 5.97 Å². The molecule has 2 heterocycles. The number of aryl methyl sites for hydroxylation is 1. The molecule has 0 aliphatic heterocycles. The number of nitrogens with two attached hydrogens (primary N) is 1. The van der Waals surface area contributed by atoms with Crippen molar-refractivity contribution in [2.45, 2.75) is 17.8 Å². The monoisotopic (exact) mass is 284 g/mol. The van der Waals surface area contributed by atoms with Crippen LogP contribution >= 0.6 is 23.1 Å². The number of hydrogen-bond donors (Lipinski definition) is 2. The van der Waals surface area contributed by atoms with Gasteiger partial charge in [0.15, 0.2) is 5.16 Å². The highest BCUT2D eigenvalue weighted by Crippen LogP contribution is 2.28. The molecule has 0 saturated heterocycles. The Balaban J connectivity index is 2.11. The summed E-state index contributed by atoms with van der Waals surface area (Å²) in [6, 6.07) is 1.70. The fraction of sp³-hybridized carbons (Fsp3) is 0.300. The topological polar surface area (TPSA) is 94.0 Å². The first-order valence-corrected chi connectivity index (χ1v) is 6.89. The lowest BCUT2D eigenvalue weighted by Crippen LogP contribution is -1.98. The zero-order valence-corrected chi connectivity index (χ0v) is 11.5. The number of carbonyl (C=O) groups is 1. The third-order valence-corrected chi connectivity index (χ3v) is 4.61. The molecule has 0 spiro atoms.